The van der Waals surface area contributed by atoms with E-state index < -0.39 is 0 Å². The van der Waals surface area contributed by atoms with Crippen LogP contribution in [0, 0.1) is 17.3 Å². The Bertz CT molecular complexity index is 690. The molecule has 0 aromatic heterocycles. The number of methoxy groups -OCH3 is 1. The fourth-order valence-corrected chi connectivity index (χ4v) is 5.49. The third kappa shape index (κ3) is 2.05. The van der Waals surface area contributed by atoms with Crippen LogP contribution in [0.4, 0.5) is 0 Å². The molecule has 0 amide bonds. The van der Waals surface area contributed by atoms with Gasteiger partial charge in [-0.05, 0) is 73.1 Å². The van der Waals surface area contributed by atoms with Gasteiger partial charge in [-0.3, -0.25) is 4.79 Å². The number of allylic oxidation sites excluding steroid dienone is 1. The molecule has 0 saturated heterocycles. The summed E-state index contributed by atoms with van der Waals surface area (Å²) >= 11 is 0. The lowest BCUT2D eigenvalue weighted by atomic mass is 9.55. The van der Waals surface area contributed by atoms with Gasteiger partial charge in [0.2, 0.25) is 0 Å². The average molecular weight is 312 g/mol. The number of fused-ring (bicyclic) bond motifs is 5. The number of ketones is 1. The highest BCUT2D eigenvalue weighted by atomic mass is 16.5. The molecular weight excluding hydrogens is 288 g/mol. The van der Waals surface area contributed by atoms with Crippen LogP contribution in [0.3, 0.4) is 0 Å². The van der Waals surface area contributed by atoms with Gasteiger partial charge in [0.05, 0.1) is 13.4 Å². The van der Waals surface area contributed by atoms with E-state index in [2.05, 4.69) is 13.0 Å². The molecule has 122 valence electrons. The third-order valence-electron chi connectivity index (χ3n) is 6.61. The Balaban J connectivity index is 1.71. The molecule has 3 aliphatic rings. The Morgan fingerprint density at radius 1 is 1.35 bits per heavy atom. The van der Waals surface area contributed by atoms with Gasteiger partial charge in [0, 0.05) is 11.0 Å². The number of aromatic hydroxyl groups is 1. The van der Waals surface area contributed by atoms with Gasteiger partial charge in [-0.1, -0.05) is 13.0 Å². The summed E-state index contributed by atoms with van der Waals surface area (Å²) in [5.74, 6) is 2.20. The lowest BCUT2D eigenvalue weighted by molar-refractivity contribution is -0.127. The minimum absolute atomic E-state index is 0.208. The van der Waals surface area contributed by atoms with Crippen molar-refractivity contribution < 1.29 is 14.6 Å². The van der Waals surface area contributed by atoms with Gasteiger partial charge in [-0.2, -0.15) is 0 Å². The number of ether oxygens (including phenoxy) is 1. The van der Waals surface area contributed by atoms with Crippen LogP contribution < -0.4 is 0 Å². The van der Waals surface area contributed by atoms with Crippen LogP contribution in [0.25, 0.3) is 0 Å². The number of carbonyl (C=O) groups excluding carboxylic acids is 1. The molecule has 3 aliphatic carbocycles. The van der Waals surface area contributed by atoms with E-state index in [0.29, 0.717) is 29.3 Å². The molecule has 0 spiro atoms. The Hall–Kier alpha value is -1.77. The van der Waals surface area contributed by atoms with E-state index >= 15 is 0 Å². The number of phenols is 1. The van der Waals surface area contributed by atoms with Gasteiger partial charge in [-0.25, -0.2) is 0 Å². The molecule has 4 atom stereocenters. The maximum absolute atomic E-state index is 12.8. The predicted octanol–water partition coefficient (Wildman–Crippen LogP) is 3.96. The molecule has 4 rings (SSSR count). The van der Waals surface area contributed by atoms with Crippen molar-refractivity contribution in [2.75, 3.05) is 7.11 Å². The number of phenolic OH excluding ortho intramolecular Hbond substituents is 1. The number of aryl methyl sites for hydroxylation is 1. The number of benzene rings is 1. The summed E-state index contributed by atoms with van der Waals surface area (Å²) in [6.45, 7) is 2.17. The standard InChI is InChI=1S/C20H24O3/c1-20-8-7-16-15-6-4-14(21)9-12(15)3-5-17(16)18(20)10-13(11-23-2)19(20)22/h4,6,9,11,16-18,21H,3,5,7-8,10H2,1-2H3/b13-11+/t16-,17-,18+,20+/m1/s1. The molecule has 1 aromatic carbocycles. The van der Waals surface area contributed by atoms with Crippen molar-refractivity contribution in [1.82, 2.24) is 0 Å². The molecule has 1 aromatic rings. The van der Waals surface area contributed by atoms with Crippen molar-refractivity contribution in [1.29, 1.82) is 0 Å². The highest BCUT2D eigenvalue weighted by molar-refractivity contribution is 6.02. The van der Waals surface area contributed by atoms with Crippen LogP contribution in [0.15, 0.2) is 30.0 Å². The Labute approximate surface area is 137 Å². The molecule has 0 radical (unpaired) electrons. The summed E-state index contributed by atoms with van der Waals surface area (Å²) in [5.41, 5.74) is 3.36. The van der Waals surface area contributed by atoms with E-state index in [4.69, 9.17) is 4.74 Å². The first-order chi connectivity index (χ1) is 11.0. The van der Waals surface area contributed by atoms with E-state index in [-0.39, 0.29) is 5.41 Å². The largest absolute Gasteiger partial charge is 0.508 e. The molecule has 2 fully saturated rings. The van der Waals surface area contributed by atoms with Crippen LogP contribution in [0.2, 0.25) is 0 Å². The zero-order chi connectivity index (χ0) is 16.2. The lowest BCUT2D eigenvalue weighted by Crippen LogP contribution is -2.42. The summed E-state index contributed by atoms with van der Waals surface area (Å²) in [5, 5.41) is 9.74. The average Bonchev–Trinajstić information content (AvgIpc) is 2.79. The van der Waals surface area contributed by atoms with Crippen LogP contribution in [0.1, 0.15) is 49.7 Å². The van der Waals surface area contributed by atoms with Crippen molar-refractivity contribution in [2.45, 2.75) is 44.9 Å². The number of hydrogen-bond donors (Lipinski definition) is 1. The van der Waals surface area contributed by atoms with Crippen LogP contribution in [0.5, 0.6) is 5.75 Å². The molecule has 0 unspecified atom stereocenters. The summed E-state index contributed by atoms with van der Waals surface area (Å²) in [6.07, 6.45) is 6.68. The van der Waals surface area contributed by atoms with E-state index in [9.17, 15) is 9.90 Å². The van der Waals surface area contributed by atoms with Crippen molar-refractivity contribution in [3.8, 4) is 5.75 Å². The first kappa shape index (κ1) is 14.8. The quantitative estimate of drug-likeness (QED) is 0.631. The van der Waals surface area contributed by atoms with Gasteiger partial charge in [0.1, 0.15) is 5.75 Å². The summed E-state index contributed by atoms with van der Waals surface area (Å²) in [6, 6.07) is 5.84. The number of Topliss-reactive ketones (excluding diaryl/α,β-unsaturated/α-hetero) is 1. The van der Waals surface area contributed by atoms with Crippen molar-refractivity contribution in [2.24, 2.45) is 17.3 Å². The van der Waals surface area contributed by atoms with Crippen LogP contribution in [-0.2, 0) is 16.0 Å². The molecule has 0 aliphatic heterocycles. The monoisotopic (exact) mass is 312 g/mol. The molecule has 3 heteroatoms. The molecule has 23 heavy (non-hydrogen) atoms. The maximum atomic E-state index is 12.8. The number of rotatable bonds is 1. The number of hydrogen-bond acceptors (Lipinski definition) is 3. The fraction of sp³-hybridized carbons (Fsp3) is 0.550. The normalized spacial score (nSPS) is 37.2. The number of carbonyl (C=O) groups is 1. The second kappa shape index (κ2) is 5.12. The Kier molecular flexibility index (Phi) is 3.29. The van der Waals surface area contributed by atoms with Gasteiger partial charge < -0.3 is 9.84 Å². The van der Waals surface area contributed by atoms with Gasteiger partial charge in [0.15, 0.2) is 5.78 Å². The molecule has 2 saturated carbocycles. The third-order valence-corrected chi connectivity index (χ3v) is 6.61. The molecule has 3 nitrogen and oxygen atoms in total. The Morgan fingerprint density at radius 2 is 2.17 bits per heavy atom. The fourth-order valence-electron chi connectivity index (χ4n) is 5.49. The van der Waals surface area contributed by atoms with Gasteiger partial charge in [-0.15, -0.1) is 0 Å². The zero-order valence-electron chi connectivity index (χ0n) is 13.8. The molecular formula is C20H24O3. The first-order valence-corrected chi connectivity index (χ1v) is 8.63. The highest BCUT2D eigenvalue weighted by Gasteiger charge is 2.56. The smallest absolute Gasteiger partial charge is 0.168 e. The van der Waals surface area contributed by atoms with Gasteiger partial charge in [0.25, 0.3) is 0 Å². The first-order valence-electron chi connectivity index (χ1n) is 8.63. The van der Waals surface area contributed by atoms with Gasteiger partial charge >= 0.3 is 0 Å². The zero-order valence-corrected chi connectivity index (χ0v) is 13.8. The molecule has 0 bridgehead atoms. The van der Waals surface area contributed by atoms with Crippen LogP contribution >= 0.6 is 0 Å². The highest BCUT2D eigenvalue weighted by Crippen LogP contribution is 2.60. The van der Waals surface area contributed by atoms with E-state index in [1.807, 2.05) is 12.1 Å². The SMILES string of the molecule is CO/C=C1\C[C@H]2[C@@H]3CCc4cc(O)ccc4[C@H]3CC[C@]2(C)C1=O. The summed E-state index contributed by atoms with van der Waals surface area (Å²) in [7, 11) is 1.62. The topological polar surface area (TPSA) is 46.5 Å². The Morgan fingerprint density at radius 3 is 2.96 bits per heavy atom. The van der Waals surface area contributed by atoms with Crippen molar-refractivity contribution >= 4 is 5.78 Å². The summed E-state index contributed by atoms with van der Waals surface area (Å²) < 4.78 is 5.14. The second-order valence-corrected chi connectivity index (χ2v) is 7.67. The predicted molar refractivity (Wildman–Crippen MR) is 88.2 cm³/mol. The van der Waals surface area contributed by atoms with Crippen molar-refractivity contribution in [3.63, 3.8) is 0 Å². The maximum Gasteiger partial charge on any atom is 0.168 e. The lowest BCUT2D eigenvalue weighted by Gasteiger charge is -2.48. The van der Waals surface area contributed by atoms with E-state index in [1.165, 1.54) is 11.1 Å². The van der Waals surface area contributed by atoms with E-state index in [0.717, 1.165) is 37.7 Å². The molecule has 0 heterocycles. The minimum atomic E-state index is -0.208. The van der Waals surface area contributed by atoms with E-state index in [1.54, 1.807) is 13.4 Å². The summed E-state index contributed by atoms with van der Waals surface area (Å²) in [4.78, 5) is 12.8. The van der Waals surface area contributed by atoms with Crippen molar-refractivity contribution in [3.05, 3.63) is 41.2 Å². The molecule has 1 N–H and O–H groups in total. The van der Waals surface area contributed by atoms with Crippen LogP contribution in [-0.4, -0.2) is 18.0 Å². The minimum Gasteiger partial charge on any atom is -0.508 e. The second-order valence-electron chi connectivity index (χ2n) is 7.67.